The fourth-order valence-electron chi connectivity index (χ4n) is 2.61. The van der Waals surface area contributed by atoms with Crippen molar-refractivity contribution in [1.29, 1.82) is 0 Å². The summed E-state index contributed by atoms with van der Waals surface area (Å²) in [5.41, 5.74) is 0.975. The Morgan fingerprint density at radius 3 is 2.38 bits per heavy atom. The van der Waals surface area contributed by atoms with E-state index in [-0.39, 0.29) is 5.91 Å². The Bertz CT molecular complexity index is 943. The zero-order valence-electron chi connectivity index (χ0n) is 16.8. The summed E-state index contributed by atoms with van der Waals surface area (Å²) < 4.78 is 5.76. The summed E-state index contributed by atoms with van der Waals surface area (Å²) in [4.78, 5) is 23.3. The molecule has 3 rings (SSSR count). The van der Waals surface area contributed by atoms with Crippen LogP contribution in [0.1, 0.15) is 16.3 Å². The van der Waals surface area contributed by atoms with Gasteiger partial charge in [0.05, 0.1) is 0 Å². The third-order valence-electron chi connectivity index (χ3n) is 4.03. The Hall–Kier alpha value is -3.45. The highest BCUT2D eigenvalue weighted by molar-refractivity contribution is 6.03. The molecule has 7 nitrogen and oxygen atoms in total. The van der Waals surface area contributed by atoms with Crippen molar-refractivity contribution < 1.29 is 9.53 Å². The van der Waals surface area contributed by atoms with Crippen molar-refractivity contribution >= 4 is 17.4 Å². The molecule has 1 amide bonds. The number of ether oxygens (including phenoxy) is 1. The van der Waals surface area contributed by atoms with Gasteiger partial charge in [-0.25, -0.2) is 9.97 Å². The van der Waals surface area contributed by atoms with Crippen LogP contribution in [0.3, 0.4) is 0 Å². The van der Waals surface area contributed by atoms with E-state index in [1.807, 2.05) is 56.6 Å². The standard InChI is InChI=1S/C22H25N5O2/c1-16-24-20(15-21(25-16)23-13-14-27(2)3)22(28)26-17-9-11-19(12-10-17)29-18-7-5-4-6-8-18/h4-12,15H,13-14H2,1-3H3,(H,26,28)(H,23,24,25). The van der Waals surface area contributed by atoms with Crippen molar-refractivity contribution in [3.05, 3.63) is 72.2 Å². The number of nitrogens with zero attached hydrogens (tertiary/aromatic N) is 3. The van der Waals surface area contributed by atoms with Crippen LogP contribution in [-0.4, -0.2) is 48.0 Å². The van der Waals surface area contributed by atoms with Gasteiger partial charge in [0.1, 0.15) is 28.8 Å². The molecule has 150 valence electrons. The highest BCUT2D eigenvalue weighted by atomic mass is 16.5. The van der Waals surface area contributed by atoms with Gasteiger partial charge in [-0.15, -0.1) is 0 Å². The number of hydrogen-bond acceptors (Lipinski definition) is 6. The second-order valence-electron chi connectivity index (χ2n) is 6.81. The van der Waals surface area contributed by atoms with Gasteiger partial charge in [0, 0.05) is 24.8 Å². The minimum absolute atomic E-state index is 0.289. The zero-order chi connectivity index (χ0) is 20.6. The topological polar surface area (TPSA) is 79.4 Å². The molecule has 2 aromatic carbocycles. The molecule has 29 heavy (non-hydrogen) atoms. The number of para-hydroxylation sites is 1. The first-order valence-corrected chi connectivity index (χ1v) is 9.38. The van der Waals surface area contributed by atoms with E-state index < -0.39 is 0 Å². The van der Waals surface area contributed by atoms with Gasteiger partial charge in [-0.1, -0.05) is 18.2 Å². The van der Waals surface area contributed by atoms with Crippen LogP contribution in [0.25, 0.3) is 0 Å². The lowest BCUT2D eigenvalue weighted by atomic mass is 10.2. The number of carbonyl (C=O) groups excluding carboxylic acids is 1. The molecule has 0 fully saturated rings. The third kappa shape index (κ3) is 6.29. The molecule has 0 saturated heterocycles. The van der Waals surface area contributed by atoms with E-state index in [0.29, 0.717) is 28.8 Å². The minimum Gasteiger partial charge on any atom is -0.457 e. The largest absolute Gasteiger partial charge is 0.457 e. The fraction of sp³-hybridized carbons (Fsp3) is 0.227. The van der Waals surface area contributed by atoms with Crippen molar-refractivity contribution in [2.45, 2.75) is 6.92 Å². The zero-order valence-corrected chi connectivity index (χ0v) is 16.8. The molecule has 0 aliphatic heterocycles. The maximum atomic E-state index is 12.6. The molecule has 0 bridgehead atoms. The number of nitrogens with one attached hydrogen (secondary N) is 2. The first-order chi connectivity index (χ1) is 14.0. The highest BCUT2D eigenvalue weighted by Gasteiger charge is 2.11. The number of amides is 1. The maximum Gasteiger partial charge on any atom is 0.274 e. The lowest BCUT2D eigenvalue weighted by molar-refractivity contribution is 0.102. The smallest absolute Gasteiger partial charge is 0.274 e. The van der Waals surface area contributed by atoms with Gasteiger partial charge in [-0.2, -0.15) is 0 Å². The summed E-state index contributed by atoms with van der Waals surface area (Å²) in [6, 6.07) is 18.4. The van der Waals surface area contributed by atoms with Crippen LogP contribution in [0.2, 0.25) is 0 Å². The third-order valence-corrected chi connectivity index (χ3v) is 4.03. The van der Waals surface area contributed by atoms with Gasteiger partial charge in [-0.3, -0.25) is 4.79 Å². The summed E-state index contributed by atoms with van der Waals surface area (Å²) in [7, 11) is 4.00. The number of likely N-dealkylation sites (N-methyl/N-ethyl adjacent to an activating group) is 1. The van der Waals surface area contributed by atoms with E-state index >= 15 is 0 Å². The number of benzene rings is 2. The predicted molar refractivity (Wildman–Crippen MR) is 115 cm³/mol. The van der Waals surface area contributed by atoms with Crippen molar-refractivity contribution in [1.82, 2.24) is 14.9 Å². The molecule has 3 aromatic rings. The molecule has 0 aliphatic rings. The number of anilines is 2. The Morgan fingerprint density at radius 1 is 1.00 bits per heavy atom. The fourth-order valence-corrected chi connectivity index (χ4v) is 2.61. The van der Waals surface area contributed by atoms with Crippen LogP contribution in [-0.2, 0) is 0 Å². The molecular formula is C22H25N5O2. The van der Waals surface area contributed by atoms with E-state index in [1.165, 1.54) is 0 Å². The number of hydrogen-bond donors (Lipinski definition) is 2. The summed E-state index contributed by atoms with van der Waals surface area (Å²) in [5, 5.41) is 6.07. The second-order valence-corrected chi connectivity index (χ2v) is 6.81. The van der Waals surface area contributed by atoms with E-state index in [9.17, 15) is 4.79 Å². The van der Waals surface area contributed by atoms with Crippen LogP contribution in [0, 0.1) is 6.92 Å². The second kappa shape index (κ2) is 9.66. The van der Waals surface area contributed by atoms with Crippen LogP contribution in [0.5, 0.6) is 11.5 Å². The van der Waals surface area contributed by atoms with E-state index in [2.05, 4.69) is 25.5 Å². The molecule has 0 aliphatic carbocycles. The molecule has 0 spiro atoms. The summed E-state index contributed by atoms with van der Waals surface area (Å²) >= 11 is 0. The van der Waals surface area contributed by atoms with Gasteiger partial charge >= 0.3 is 0 Å². The molecule has 1 aromatic heterocycles. The summed E-state index contributed by atoms with van der Waals surface area (Å²) in [6.45, 7) is 3.36. The number of aromatic nitrogens is 2. The quantitative estimate of drug-likeness (QED) is 0.608. The Morgan fingerprint density at radius 2 is 1.69 bits per heavy atom. The van der Waals surface area contributed by atoms with Crippen LogP contribution >= 0.6 is 0 Å². The highest BCUT2D eigenvalue weighted by Crippen LogP contribution is 2.23. The van der Waals surface area contributed by atoms with Crippen molar-refractivity contribution in [3.63, 3.8) is 0 Å². The lowest BCUT2D eigenvalue weighted by Gasteiger charge is -2.12. The monoisotopic (exact) mass is 391 g/mol. The number of rotatable bonds is 8. The molecule has 0 radical (unpaired) electrons. The normalized spacial score (nSPS) is 10.6. The van der Waals surface area contributed by atoms with Gasteiger partial charge in [0.2, 0.25) is 0 Å². The Kier molecular flexibility index (Phi) is 6.76. The van der Waals surface area contributed by atoms with Crippen molar-refractivity contribution in [2.75, 3.05) is 37.8 Å². The van der Waals surface area contributed by atoms with Crippen molar-refractivity contribution in [2.24, 2.45) is 0 Å². The van der Waals surface area contributed by atoms with E-state index in [1.54, 1.807) is 25.1 Å². The van der Waals surface area contributed by atoms with Gasteiger partial charge in [0.15, 0.2) is 0 Å². The summed E-state index contributed by atoms with van der Waals surface area (Å²) in [6.07, 6.45) is 0. The molecular weight excluding hydrogens is 366 g/mol. The molecule has 7 heteroatoms. The average molecular weight is 391 g/mol. The van der Waals surface area contributed by atoms with E-state index in [4.69, 9.17) is 4.74 Å². The predicted octanol–water partition coefficient (Wildman–Crippen LogP) is 3.80. The first kappa shape index (κ1) is 20.3. The van der Waals surface area contributed by atoms with Gasteiger partial charge < -0.3 is 20.3 Å². The minimum atomic E-state index is -0.289. The van der Waals surface area contributed by atoms with Gasteiger partial charge in [-0.05, 0) is 57.4 Å². The SMILES string of the molecule is Cc1nc(NCCN(C)C)cc(C(=O)Nc2ccc(Oc3ccccc3)cc2)n1. The van der Waals surface area contributed by atoms with Crippen LogP contribution < -0.4 is 15.4 Å². The maximum absolute atomic E-state index is 12.6. The molecule has 1 heterocycles. The molecule has 0 unspecified atom stereocenters. The van der Waals surface area contributed by atoms with Crippen LogP contribution in [0.4, 0.5) is 11.5 Å². The Labute approximate surface area is 170 Å². The van der Waals surface area contributed by atoms with Crippen LogP contribution in [0.15, 0.2) is 60.7 Å². The molecule has 2 N–H and O–H groups in total. The number of aryl methyl sites for hydroxylation is 1. The summed E-state index contributed by atoms with van der Waals surface area (Å²) in [5.74, 6) is 2.34. The molecule has 0 atom stereocenters. The Balaban J connectivity index is 1.63. The molecule has 0 saturated carbocycles. The lowest BCUT2D eigenvalue weighted by Crippen LogP contribution is -2.22. The van der Waals surface area contributed by atoms with Gasteiger partial charge in [0.25, 0.3) is 5.91 Å². The average Bonchev–Trinajstić information content (AvgIpc) is 2.69. The first-order valence-electron chi connectivity index (χ1n) is 9.38. The van der Waals surface area contributed by atoms with Crippen molar-refractivity contribution in [3.8, 4) is 11.5 Å². The van der Waals surface area contributed by atoms with E-state index in [0.717, 1.165) is 18.8 Å². The number of carbonyl (C=O) groups is 1.